The number of likely N-dealkylation sites (tertiary alicyclic amines) is 1. The molecular formula is C24H39N5O2. The lowest BCUT2D eigenvalue weighted by Gasteiger charge is -2.39. The van der Waals surface area contributed by atoms with E-state index >= 15 is 0 Å². The summed E-state index contributed by atoms with van der Waals surface area (Å²) in [6.45, 7) is 13.9. The molecule has 172 valence electrons. The Morgan fingerprint density at radius 2 is 1.84 bits per heavy atom. The molecule has 0 spiro atoms. The zero-order chi connectivity index (χ0) is 22.1. The second-order valence-corrected chi connectivity index (χ2v) is 8.30. The van der Waals surface area contributed by atoms with Crippen molar-refractivity contribution in [2.45, 2.75) is 46.1 Å². The molecule has 1 atom stereocenters. The smallest absolute Gasteiger partial charge is 0.239 e. The van der Waals surface area contributed by atoms with E-state index in [4.69, 9.17) is 9.73 Å². The van der Waals surface area contributed by atoms with Crippen molar-refractivity contribution in [3.05, 3.63) is 29.8 Å². The van der Waals surface area contributed by atoms with Crippen LogP contribution >= 0.6 is 0 Å². The Morgan fingerprint density at radius 3 is 2.52 bits per heavy atom. The highest BCUT2D eigenvalue weighted by Gasteiger charge is 2.30. The van der Waals surface area contributed by atoms with Gasteiger partial charge in [-0.05, 0) is 57.7 Å². The van der Waals surface area contributed by atoms with Gasteiger partial charge in [0.05, 0.1) is 12.6 Å². The van der Waals surface area contributed by atoms with Crippen molar-refractivity contribution < 1.29 is 9.53 Å². The van der Waals surface area contributed by atoms with E-state index in [1.807, 2.05) is 24.0 Å². The summed E-state index contributed by atoms with van der Waals surface area (Å²) in [5.41, 5.74) is 1.24. The number of rotatable bonds is 8. The van der Waals surface area contributed by atoms with Crippen LogP contribution in [0.5, 0.6) is 5.75 Å². The van der Waals surface area contributed by atoms with Crippen LogP contribution in [0.1, 0.15) is 39.2 Å². The van der Waals surface area contributed by atoms with Gasteiger partial charge in [0.15, 0.2) is 5.96 Å². The molecule has 0 saturated carbocycles. The fourth-order valence-electron chi connectivity index (χ4n) is 4.35. The zero-order valence-corrected chi connectivity index (χ0v) is 19.5. The normalized spacial score (nSPS) is 18.9. The minimum atomic E-state index is -0.0302. The fraction of sp³-hybridized carbons (Fsp3) is 0.667. The molecule has 31 heavy (non-hydrogen) atoms. The average Bonchev–Trinajstić information content (AvgIpc) is 3.33. The molecule has 2 heterocycles. The number of carbonyl (C=O) groups excluding carboxylic acids is 1. The van der Waals surface area contributed by atoms with E-state index in [-0.39, 0.29) is 6.04 Å². The van der Waals surface area contributed by atoms with Crippen LogP contribution in [-0.4, -0.2) is 91.6 Å². The Hall–Kier alpha value is -2.28. The molecule has 7 heteroatoms. The molecule has 0 aliphatic carbocycles. The highest BCUT2D eigenvalue weighted by Crippen LogP contribution is 2.15. The molecule has 2 fully saturated rings. The maximum absolute atomic E-state index is 12.7. The number of aliphatic imine (C=N–C) groups is 1. The lowest BCUT2D eigenvalue weighted by Crippen LogP contribution is -2.57. The predicted molar refractivity (Wildman–Crippen MR) is 126 cm³/mol. The Labute approximate surface area is 187 Å². The van der Waals surface area contributed by atoms with Crippen LogP contribution in [0.2, 0.25) is 0 Å². The van der Waals surface area contributed by atoms with Crippen molar-refractivity contribution in [2.75, 3.05) is 59.0 Å². The van der Waals surface area contributed by atoms with E-state index in [1.54, 1.807) is 0 Å². The van der Waals surface area contributed by atoms with Gasteiger partial charge in [-0.25, -0.2) is 0 Å². The molecule has 1 unspecified atom stereocenters. The first-order valence-corrected chi connectivity index (χ1v) is 11.9. The topological polar surface area (TPSA) is 60.4 Å². The minimum absolute atomic E-state index is 0.0302. The van der Waals surface area contributed by atoms with E-state index < -0.39 is 0 Å². The SMILES string of the molecule is CCNC(=NCCc1cccc(OCC)c1)N1CCN(C(C)C(=O)N2CCCC2)CC1. The van der Waals surface area contributed by atoms with Crippen molar-refractivity contribution in [2.24, 2.45) is 4.99 Å². The van der Waals surface area contributed by atoms with E-state index in [0.717, 1.165) is 83.3 Å². The number of nitrogens with one attached hydrogen (secondary N) is 1. The third-order valence-corrected chi connectivity index (χ3v) is 6.14. The van der Waals surface area contributed by atoms with Crippen LogP contribution in [0.15, 0.2) is 29.3 Å². The zero-order valence-electron chi connectivity index (χ0n) is 19.5. The van der Waals surface area contributed by atoms with Crippen LogP contribution in [0.4, 0.5) is 0 Å². The Kier molecular flexibility index (Phi) is 9.00. The lowest BCUT2D eigenvalue weighted by molar-refractivity contribution is -0.135. The summed E-state index contributed by atoms with van der Waals surface area (Å²) in [7, 11) is 0. The standard InChI is InChI=1S/C24H39N5O2/c1-4-25-24(26-12-11-21-9-8-10-22(19-21)31-5-2)29-17-15-27(16-18-29)20(3)23(30)28-13-6-7-14-28/h8-10,19-20H,4-7,11-18H2,1-3H3,(H,25,26). The maximum atomic E-state index is 12.7. The predicted octanol–water partition coefficient (Wildman–Crippen LogP) is 2.22. The molecular weight excluding hydrogens is 390 g/mol. The molecule has 2 aliphatic heterocycles. The highest BCUT2D eigenvalue weighted by molar-refractivity contribution is 5.82. The quantitative estimate of drug-likeness (QED) is 0.507. The van der Waals surface area contributed by atoms with Gasteiger partial charge in [0.2, 0.25) is 5.91 Å². The molecule has 0 radical (unpaired) electrons. The second-order valence-electron chi connectivity index (χ2n) is 8.30. The summed E-state index contributed by atoms with van der Waals surface area (Å²) >= 11 is 0. The molecule has 2 saturated heterocycles. The van der Waals surface area contributed by atoms with E-state index in [0.29, 0.717) is 12.5 Å². The number of benzene rings is 1. The Morgan fingerprint density at radius 1 is 1.10 bits per heavy atom. The molecule has 2 aliphatic rings. The molecule has 1 N–H and O–H groups in total. The van der Waals surface area contributed by atoms with Gasteiger partial charge in [-0.3, -0.25) is 14.7 Å². The second kappa shape index (κ2) is 11.9. The largest absolute Gasteiger partial charge is 0.494 e. The highest BCUT2D eigenvalue weighted by atomic mass is 16.5. The van der Waals surface area contributed by atoms with Gasteiger partial charge in [-0.1, -0.05) is 12.1 Å². The van der Waals surface area contributed by atoms with Crippen LogP contribution < -0.4 is 10.1 Å². The summed E-state index contributed by atoms with van der Waals surface area (Å²) in [6, 6.07) is 8.23. The van der Waals surface area contributed by atoms with Crippen molar-refractivity contribution >= 4 is 11.9 Å². The maximum Gasteiger partial charge on any atom is 0.239 e. The molecule has 7 nitrogen and oxygen atoms in total. The van der Waals surface area contributed by atoms with E-state index in [1.165, 1.54) is 5.56 Å². The first-order valence-electron chi connectivity index (χ1n) is 11.9. The number of piperazine rings is 1. The van der Waals surface area contributed by atoms with Gasteiger partial charge in [0, 0.05) is 52.4 Å². The van der Waals surface area contributed by atoms with Gasteiger partial charge in [0.1, 0.15) is 5.75 Å². The number of guanidine groups is 1. The third kappa shape index (κ3) is 6.60. The van der Waals surface area contributed by atoms with Crippen LogP contribution in [0.25, 0.3) is 0 Å². The summed E-state index contributed by atoms with van der Waals surface area (Å²) < 4.78 is 5.60. The van der Waals surface area contributed by atoms with Crippen LogP contribution in [-0.2, 0) is 11.2 Å². The summed E-state index contributed by atoms with van der Waals surface area (Å²) in [6.07, 6.45) is 3.17. The molecule has 3 rings (SSSR count). The van der Waals surface area contributed by atoms with Crippen molar-refractivity contribution in [1.82, 2.24) is 20.0 Å². The third-order valence-electron chi connectivity index (χ3n) is 6.14. The first kappa shape index (κ1) is 23.4. The van der Waals surface area contributed by atoms with E-state index in [2.05, 4.69) is 41.1 Å². The van der Waals surface area contributed by atoms with Gasteiger partial charge >= 0.3 is 0 Å². The number of amides is 1. The van der Waals surface area contributed by atoms with Crippen molar-refractivity contribution in [3.8, 4) is 5.75 Å². The average molecular weight is 430 g/mol. The summed E-state index contributed by atoms with van der Waals surface area (Å²) in [5.74, 6) is 2.19. The molecule has 0 bridgehead atoms. The first-order chi connectivity index (χ1) is 15.1. The van der Waals surface area contributed by atoms with Crippen molar-refractivity contribution in [3.63, 3.8) is 0 Å². The number of hydrogen-bond acceptors (Lipinski definition) is 4. The van der Waals surface area contributed by atoms with Gasteiger partial charge < -0.3 is 19.9 Å². The molecule has 0 aromatic heterocycles. The summed E-state index contributed by atoms with van der Waals surface area (Å²) in [4.78, 5) is 24.3. The van der Waals surface area contributed by atoms with Crippen molar-refractivity contribution in [1.29, 1.82) is 0 Å². The molecule has 1 aromatic carbocycles. The molecule has 1 aromatic rings. The molecule has 1 amide bonds. The fourth-order valence-corrected chi connectivity index (χ4v) is 4.35. The Balaban J connectivity index is 1.51. The number of nitrogens with zero attached hydrogens (tertiary/aromatic N) is 4. The lowest BCUT2D eigenvalue weighted by atomic mass is 10.1. The number of hydrogen-bond donors (Lipinski definition) is 1. The number of carbonyl (C=O) groups is 1. The van der Waals surface area contributed by atoms with Gasteiger partial charge in [-0.15, -0.1) is 0 Å². The number of ether oxygens (including phenoxy) is 1. The minimum Gasteiger partial charge on any atom is -0.494 e. The van der Waals surface area contributed by atoms with Crippen LogP contribution in [0.3, 0.4) is 0 Å². The van der Waals surface area contributed by atoms with E-state index in [9.17, 15) is 4.79 Å². The van der Waals surface area contributed by atoms with Crippen LogP contribution in [0, 0.1) is 0 Å². The summed E-state index contributed by atoms with van der Waals surface area (Å²) in [5, 5.41) is 3.44. The Bertz CT molecular complexity index is 724. The van der Waals surface area contributed by atoms with Gasteiger partial charge in [-0.2, -0.15) is 0 Å². The monoisotopic (exact) mass is 429 g/mol. The van der Waals surface area contributed by atoms with Gasteiger partial charge in [0.25, 0.3) is 0 Å².